The topological polar surface area (TPSA) is 59.5 Å². The van der Waals surface area contributed by atoms with E-state index >= 15 is 0 Å². The summed E-state index contributed by atoms with van der Waals surface area (Å²) in [7, 11) is 2.71. The summed E-state index contributed by atoms with van der Waals surface area (Å²) in [5, 5.41) is 0.334. The Bertz CT molecular complexity index is 451. The van der Waals surface area contributed by atoms with Gasteiger partial charge in [0.2, 0.25) is 0 Å². The first-order valence-corrected chi connectivity index (χ1v) is 5.34. The van der Waals surface area contributed by atoms with E-state index in [2.05, 4.69) is 9.72 Å². The summed E-state index contributed by atoms with van der Waals surface area (Å²) in [6.07, 6.45) is 1.28. The Kier molecular flexibility index (Phi) is 4.72. The summed E-state index contributed by atoms with van der Waals surface area (Å²) in [6, 6.07) is 1.35. The van der Waals surface area contributed by atoms with Gasteiger partial charge in [0, 0.05) is 13.2 Å². The first kappa shape index (κ1) is 13.7. The average molecular weight is 277 g/mol. The number of carbonyl (C=O) groups excluding carboxylic acids is 2. The van der Waals surface area contributed by atoms with Crippen LogP contribution < -0.4 is 0 Å². The first-order chi connectivity index (χ1) is 7.95. The van der Waals surface area contributed by atoms with Gasteiger partial charge in [-0.2, -0.15) is 0 Å². The molecular formula is C10H10Cl2N2O3. The van der Waals surface area contributed by atoms with E-state index in [1.54, 1.807) is 0 Å². The lowest BCUT2D eigenvalue weighted by Gasteiger charge is -2.16. The van der Waals surface area contributed by atoms with Crippen LogP contribution in [0.4, 0.5) is 0 Å². The van der Waals surface area contributed by atoms with Gasteiger partial charge in [0.1, 0.15) is 11.7 Å². The average Bonchev–Trinajstić information content (AvgIpc) is 2.31. The number of methoxy groups -OCH3 is 1. The van der Waals surface area contributed by atoms with Gasteiger partial charge >= 0.3 is 5.97 Å². The van der Waals surface area contributed by atoms with Crippen molar-refractivity contribution in [3.05, 3.63) is 28.0 Å². The molecule has 0 fully saturated rings. The number of pyridine rings is 1. The third-order valence-corrected chi connectivity index (χ3v) is 2.50. The Morgan fingerprint density at radius 1 is 1.47 bits per heavy atom. The molecule has 0 radical (unpaired) electrons. The largest absolute Gasteiger partial charge is 0.468 e. The van der Waals surface area contributed by atoms with Gasteiger partial charge in [-0.05, 0) is 6.07 Å². The number of esters is 1. The van der Waals surface area contributed by atoms with Crippen LogP contribution in [0.1, 0.15) is 10.4 Å². The number of ether oxygens (including phenoxy) is 1. The first-order valence-electron chi connectivity index (χ1n) is 4.59. The molecule has 5 nitrogen and oxygen atoms in total. The van der Waals surface area contributed by atoms with Gasteiger partial charge < -0.3 is 9.64 Å². The van der Waals surface area contributed by atoms with Gasteiger partial charge in [-0.15, -0.1) is 0 Å². The maximum Gasteiger partial charge on any atom is 0.325 e. The molecule has 1 amide bonds. The third kappa shape index (κ3) is 3.57. The summed E-state index contributed by atoms with van der Waals surface area (Å²) in [5.41, 5.74) is 0.193. The molecule has 0 saturated heterocycles. The quantitative estimate of drug-likeness (QED) is 0.622. The van der Waals surface area contributed by atoms with E-state index in [4.69, 9.17) is 23.2 Å². The maximum atomic E-state index is 11.9. The molecule has 0 spiro atoms. The minimum absolute atomic E-state index is 0.157. The smallest absolute Gasteiger partial charge is 0.325 e. The number of rotatable bonds is 3. The lowest BCUT2D eigenvalue weighted by molar-refractivity contribution is -0.141. The van der Waals surface area contributed by atoms with Crippen molar-refractivity contribution in [2.45, 2.75) is 0 Å². The molecule has 92 valence electrons. The van der Waals surface area contributed by atoms with Crippen molar-refractivity contribution >= 4 is 35.1 Å². The van der Waals surface area contributed by atoms with E-state index in [-0.39, 0.29) is 22.3 Å². The van der Waals surface area contributed by atoms with Crippen molar-refractivity contribution in [3.8, 4) is 0 Å². The molecule has 0 aromatic carbocycles. The lowest BCUT2D eigenvalue weighted by Crippen LogP contribution is -2.32. The van der Waals surface area contributed by atoms with Gasteiger partial charge in [-0.3, -0.25) is 9.59 Å². The van der Waals surface area contributed by atoms with Crippen molar-refractivity contribution < 1.29 is 14.3 Å². The number of nitrogens with zero attached hydrogens (tertiary/aromatic N) is 2. The SMILES string of the molecule is COC(=O)CN(C)C(=O)c1cc(Cl)ncc1Cl. The van der Waals surface area contributed by atoms with Crippen molar-refractivity contribution in [2.24, 2.45) is 0 Å². The van der Waals surface area contributed by atoms with Crippen LogP contribution in [0.25, 0.3) is 0 Å². The van der Waals surface area contributed by atoms with Crippen LogP contribution >= 0.6 is 23.2 Å². The monoisotopic (exact) mass is 276 g/mol. The van der Waals surface area contributed by atoms with E-state index in [0.717, 1.165) is 0 Å². The molecule has 1 rings (SSSR count). The number of likely N-dealkylation sites (N-methyl/N-ethyl adjacent to an activating group) is 1. The molecule has 0 aliphatic carbocycles. The highest BCUT2D eigenvalue weighted by Gasteiger charge is 2.18. The second-order valence-electron chi connectivity index (χ2n) is 3.22. The van der Waals surface area contributed by atoms with Crippen LogP contribution in [0.3, 0.4) is 0 Å². The van der Waals surface area contributed by atoms with Crippen LogP contribution in [0.5, 0.6) is 0 Å². The second kappa shape index (κ2) is 5.84. The highest BCUT2D eigenvalue weighted by Crippen LogP contribution is 2.19. The second-order valence-corrected chi connectivity index (χ2v) is 4.02. The highest BCUT2D eigenvalue weighted by atomic mass is 35.5. The van der Waals surface area contributed by atoms with Crippen molar-refractivity contribution in [1.29, 1.82) is 0 Å². The van der Waals surface area contributed by atoms with Gasteiger partial charge in [0.15, 0.2) is 0 Å². The Labute approximate surface area is 108 Å². The number of hydrogen-bond acceptors (Lipinski definition) is 4. The van der Waals surface area contributed by atoms with E-state index in [9.17, 15) is 9.59 Å². The van der Waals surface area contributed by atoms with Crippen LogP contribution in [0, 0.1) is 0 Å². The molecule has 0 aliphatic heterocycles. The minimum atomic E-state index is -0.517. The zero-order chi connectivity index (χ0) is 13.0. The van der Waals surface area contributed by atoms with Gasteiger partial charge in [-0.25, -0.2) is 4.98 Å². The molecule has 17 heavy (non-hydrogen) atoms. The third-order valence-electron chi connectivity index (χ3n) is 1.99. The molecule has 1 aromatic rings. The summed E-state index contributed by atoms with van der Waals surface area (Å²) >= 11 is 11.5. The molecule has 7 heteroatoms. The zero-order valence-electron chi connectivity index (χ0n) is 9.24. The summed E-state index contributed by atoms with van der Waals surface area (Å²) in [5.74, 6) is -0.943. The molecule has 0 N–H and O–H groups in total. The fraction of sp³-hybridized carbons (Fsp3) is 0.300. The molecule has 1 aromatic heterocycles. The Morgan fingerprint density at radius 3 is 2.71 bits per heavy atom. The van der Waals surface area contributed by atoms with E-state index < -0.39 is 11.9 Å². The van der Waals surface area contributed by atoms with Gasteiger partial charge in [-0.1, -0.05) is 23.2 Å². The van der Waals surface area contributed by atoms with Gasteiger partial charge in [0.05, 0.1) is 17.7 Å². The lowest BCUT2D eigenvalue weighted by atomic mass is 10.2. The predicted molar refractivity (Wildman–Crippen MR) is 63.2 cm³/mol. The summed E-state index contributed by atoms with van der Waals surface area (Å²) in [4.78, 5) is 27.9. The standard InChI is InChI=1S/C10H10Cl2N2O3/c1-14(5-9(15)17-2)10(16)6-3-8(12)13-4-7(6)11/h3-4H,5H2,1-2H3. The maximum absolute atomic E-state index is 11.9. The fourth-order valence-corrected chi connectivity index (χ4v) is 1.45. The summed E-state index contributed by atoms with van der Waals surface area (Å²) in [6.45, 7) is -0.161. The number of hydrogen-bond donors (Lipinski definition) is 0. The van der Waals surface area contributed by atoms with E-state index in [1.165, 1.54) is 31.3 Å². The summed E-state index contributed by atoms with van der Waals surface area (Å²) < 4.78 is 4.46. The van der Waals surface area contributed by atoms with Crippen molar-refractivity contribution in [1.82, 2.24) is 9.88 Å². The molecular weight excluding hydrogens is 267 g/mol. The van der Waals surface area contributed by atoms with E-state index in [1.807, 2.05) is 0 Å². The van der Waals surface area contributed by atoms with Crippen LogP contribution in [-0.2, 0) is 9.53 Å². The number of aromatic nitrogens is 1. The number of carbonyl (C=O) groups is 2. The zero-order valence-corrected chi connectivity index (χ0v) is 10.7. The normalized spacial score (nSPS) is 9.88. The minimum Gasteiger partial charge on any atom is -0.468 e. The molecule has 0 saturated carbocycles. The number of amides is 1. The molecule has 0 bridgehead atoms. The van der Waals surface area contributed by atoms with E-state index in [0.29, 0.717) is 0 Å². The molecule has 0 atom stereocenters. The van der Waals surface area contributed by atoms with Gasteiger partial charge in [0.25, 0.3) is 5.91 Å². The molecule has 1 heterocycles. The van der Waals surface area contributed by atoms with Crippen molar-refractivity contribution in [3.63, 3.8) is 0 Å². The van der Waals surface area contributed by atoms with Crippen molar-refractivity contribution in [2.75, 3.05) is 20.7 Å². The molecule has 0 aliphatic rings. The predicted octanol–water partition coefficient (Wildman–Crippen LogP) is 1.63. The number of halogens is 2. The Balaban J connectivity index is 2.88. The Hall–Kier alpha value is -1.33. The highest BCUT2D eigenvalue weighted by molar-refractivity contribution is 6.35. The van der Waals surface area contributed by atoms with Crippen LogP contribution in [0.15, 0.2) is 12.3 Å². The molecule has 0 unspecified atom stereocenters. The van der Waals surface area contributed by atoms with Crippen LogP contribution in [-0.4, -0.2) is 42.5 Å². The van der Waals surface area contributed by atoms with Crippen LogP contribution in [0.2, 0.25) is 10.2 Å². The Morgan fingerprint density at radius 2 is 2.12 bits per heavy atom. The fourth-order valence-electron chi connectivity index (χ4n) is 1.11.